The third-order valence-electron chi connectivity index (χ3n) is 3.43. The molecule has 2 atom stereocenters. The number of carbonyl (C=O) groups is 1. The van der Waals surface area contributed by atoms with E-state index in [9.17, 15) is 9.90 Å². The molecule has 0 saturated carbocycles. The summed E-state index contributed by atoms with van der Waals surface area (Å²) in [6, 6.07) is 14.1. The Morgan fingerprint density at radius 3 is 2.60 bits per heavy atom. The van der Waals surface area contributed by atoms with Gasteiger partial charge in [-0.15, -0.1) is 0 Å². The second-order valence-corrected chi connectivity index (χ2v) is 4.62. The molecule has 0 bridgehead atoms. The van der Waals surface area contributed by atoms with Crippen molar-refractivity contribution in [1.82, 2.24) is 0 Å². The second-order valence-electron chi connectivity index (χ2n) is 4.62. The van der Waals surface area contributed by atoms with Crippen LogP contribution in [-0.4, -0.2) is 24.3 Å². The summed E-state index contributed by atoms with van der Waals surface area (Å²) in [7, 11) is 1.54. The van der Waals surface area contributed by atoms with Crippen LogP contribution < -0.4 is 9.47 Å². The van der Waals surface area contributed by atoms with Crippen molar-refractivity contribution >= 4 is 5.78 Å². The van der Waals surface area contributed by atoms with Gasteiger partial charge in [0.15, 0.2) is 5.78 Å². The highest BCUT2D eigenvalue weighted by Gasteiger charge is 2.37. The van der Waals surface area contributed by atoms with Gasteiger partial charge in [-0.3, -0.25) is 4.79 Å². The van der Waals surface area contributed by atoms with Crippen molar-refractivity contribution in [3.63, 3.8) is 0 Å². The van der Waals surface area contributed by atoms with E-state index in [1.54, 1.807) is 18.2 Å². The van der Waals surface area contributed by atoms with Crippen LogP contribution in [0.3, 0.4) is 0 Å². The van der Waals surface area contributed by atoms with E-state index in [4.69, 9.17) is 9.47 Å². The smallest absolute Gasteiger partial charge is 0.211 e. The van der Waals surface area contributed by atoms with E-state index in [1.807, 2.05) is 30.3 Å². The molecule has 0 amide bonds. The van der Waals surface area contributed by atoms with E-state index < -0.39 is 12.2 Å². The van der Waals surface area contributed by atoms with Gasteiger partial charge in [0.05, 0.1) is 12.7 Å². The molecule has 0 aromatic heterocycles. The number of Topliss-reactive ketones (excluding diaryl/α,β-unsaturated/α-hetero) is 1. The van der Waals surface area contributed by atoms with Gasteiger partial charge in [0.2, 0.25) is 6.29 Å². The van der Waals surface area contributed by atoms with Crippen LogP contribution in [0.5, 0.6) is 11.5 Å². The summed E-state index contributed by atoms with van der Waals surface area (Å²) in [6.45, 7) is 0. The van der Waals surface area contributed by atoms with Gasteiger partial charge in [-0.05, 0) is 17.7 Å². The van der Waals surface area contributed by atoms with Crippen molar-refractivity contribution in [3.8, 4) is 11.5 Å². The zero-order valence-electron chi connectivity index (χ0n) is 10.9. The second kappa shape index (κ2) is 4.98. The fourth-order valence-electron chi connectivity index (χ4n) is 2.40. The highest BCUT2D eigenvalue weighted by atomic mass is 16.6. The topological polar surface area (TPSA) is 55.8 Å². The number of ether oxygens (including phenoxy) is 2. The third kappa shape index (κ3) is 2.04. The number of rotatable bonds is 2. The molecule has 4 nitrogen and oxygen atoms in total. The Labute approximate surface area is 116 Å². The molecule has 1 aliphatic heterocycles. The first-order chi connectivity index (χ1) is 9.70. The Hall–Kier alpha value is -2.33. The first-order valence-electron chi connectivity index (χ1n) is 6.32. The molecule has 2 unspecified atom stereocenters. The van der Waals surface area contributed by atoms with Crippen molar-refractivity contribution < 1.29 is 19.4 Å². The summed E-state index contributed by atoms with van der Waals surface area (Å²) in [5.74, 6) is 0.0978. The summed E-state index contributed by atoms with van der Waals surface area (Å²) < 4.78 is 10.6. The molecule has 0 aliphatic carbocycles. The number of hydrogen-bond acceptors (Lipinski definition) is 4. The zero-order chi connectivity index (χ0) is 14.1. The lowest BCUT2D eigenvalue weighted by atomic mass is 9.88. The molecule has 0 radical (unpaired) electrons. The van der Waals surface area contributed by atoms with E-state index in [-0.39, 0.29) is 5.78 Å². The zero-order valence-corrected chi connectivity index (χ0v) is 10.9. The van der Waals surface area contributed by atoms with E-state index >= 15 is 0 Å². The normalized spacial score (nSPS) is 21.0. The Morgan fingerprint density at radius 2 is 1.90 bits per heavy atom. The number of carbonyl (C=O) groups excluding carboxylic acids is 1. The van der Waals surface area contributed by atoms with Crippen LogP contribution in [-0.2, 0) is 0 Å². The molecule has 0 fully saturated rings. The minimum absolute atomic E-state index is 0.146. The predicted molar refractivity (Wildman–Crippen MR) is 73.1 cm³/mol. The summed E-state index contributed by atoms with van der Waals surface area (Å²) in [5, 5.41) is 10.1. The van der Waals surface area contributed by atoms with Gasteiger partial charge in [0.25, 0.3) is 0 Å². The third-order valence-corrected chi connectivity index (χ3v) is 3.43. The number of methoxy groups -OCH3 is 1. The van der Waals surface area contributed by atoms with Gasteiger partial charge in [0, 0.05) is 6.07 Å². The SMILES string of the molecule is COc1ccc2c(c1)OC(O)C(c1ccccc1)C2=O. The van der Waals surface area contributed by atoms with Crippen molar-refractivity contribution in [1.29, 1.82) is 0 Å². The Bertz CT molecular complexity index is 636. The quantitative estimate of drug-likeness (QED) is 0.910. The molecule has 1 aliphatic rings. The predicted octanol–water partition coefficient (Wildman–Crippen LogP) is 2.37. The van der Waals surface area contributed by atoms with Crippen molar-refractivity contribution in [2.45, 2.75) is 12.2 Å². The molecule has 20 heavy (non-hydrogen) atoms. The molecular weight excluding hydrogens is 256 g/mol. The molecule has 0 spiro atoms. The van der Waals surface area contributed by atoms with Crippen LogP contribution in [0.25, 0.3) is 0 Å². The Balaban J connectivity index is 2.03. The largest absolute Gasteiger partial charge is 0.497 e. The molecule has 0 saturated heterocycles. The van der Waals surface area contributed by atoms with Gasteiger partial charge in [-0.2, -0.15) is 0 Å². The van der Waals surface area contributed by atoms with Gasteiger partial charge < -0.3 is 14.6 Å². The highest BCUT2D eigenvalue weighted by molar-refractivity contribution is 6.04. The van der Waals surface area contributed by atoms with Gasteiger partial charge in [0.1, 0.15) is 17.4 Å². The molecule has 4 heteroatoms. The standard InChI is InChI=1S/C16H14O4/c1-19-11-7-8-12-13(9-11)20-16(18)14(15(12)17)10-5-3-2-4-6-10/h2-9,14,16,18H,1H3. The molecular formula is C16H14O4. The maximum Gasteiger partial charge on any atom is 0.211 e. The number of benzene rings is 2. The first kappa shape index (κ1) is 12.7. The molecule has 102 valence electrons. The van der Waals surface area contributed by atoms with Crippen LogP contribution in [0.2, 0.25) is 0 Å². The first-order valence-corrected chi connectivity index (χ1v) is 6.32. The van der Waals surface area contributed by atoms with E-state index in [2.05, 4.69) is 0 Å². The van der Waals surface area contributed by atoms with Crippen molar-refractivity contribution in [3.05, 3.63) is 59.7 Å². The van der Waals surface area contributed by atoms with Crippen LogP contribution in [0.1, 0.15) is 21.8 Å². The lowest BCUT2D eigenvalue weighted by Crippen LogP contribution is -2.35. The molecule has 1 heterocycles. The van der Waals surface area contributed by atoms with Crippen molar-refractivity contribution in [2.24, 2.45) is 0 Å². The van der Waals surface area contributed by atoms with Crippen LogP contribution >= 0.6 is 0 Å². The number of aliphatic hydroxyl groups is 1. The van der Waals surface area contributed by atoms with E-state index in [0.29, 0.717) is 17.1 Å². The summed E-state index contributed by atoms with van der Waals surface area (Å²) >= 11 is 0. The molecule has 1 N–H and O–H groups in total. The van der Waals surface area contributed by atoms with Crippen LogP contribution in [0.15, 0.2) is 48.5 Å². The minimum Gasteiger partial charge on any atom is -0.497 e. The van der Waals surface area contributed by atoms with Crippen LogP contribution in [0.4, 0.5) is 0 Å². The Morgan fingerprint density at radius 1 is 1.15 bits per heavy atom. The number of hydrogen-bond donors (Lipinski definition) is 1. The van der Waals surface area contributed by atoms with Gasteiger partial charge >= 0.3 is 0 Å². The van der Waals surface area contributed by atoms with Crippen LogP contribution in [0, 0.1) is 0 Å². The maximum atomic E-state index is 12.5. The Kier molecular flexibility index (Phi) is 3.16. The average Bonchev–Trinajstić information content (AvgIpc) is 2.47. The molecule has 2 aromatic rings. The maximum absolute atomic E-state index is 12.5. The monoisotopic (exact) mass is 270 g/mol. The average molecular weight is 270 g/mol. The molecule has 3 rings (SSSR count). The summed E-state index contributed by atoms with van der Waals surface area (Å²) in [5.41, 5.74) is 1.21. The lowest BCUT2D eigenvalue weighted by Gasteiger charge is -2.29. The number of ketones is 1. The number of fused-ring (bicyclic) bond motifs is 1. The minimum atomic E-state index is -1.19. The highest BCUT2D eigenvalue weighted by Crippen LogP contribution is 2.37. The van der Waals surface area contributed by atoms with Gasteiger partial charge in [-0.1, -0.05) is 30.3 Å². The van der Waals surface area contributed by atoms with E-state index in [0.717, 1.165) is 5.56 Å². The van der Waals surface area contributed by atoms with Gasteiger partial charge in [-0.25, -0.2) is 0 Å². The lowest BCUT2D eigenvalue weighted by molar-refractivity contribution is -0.0386. The summed E-state index contributed by atoms with van der Waals surface area (Å²) in [4.78, 5) is 12.5. The van der Waals surface area contributed by atoms with Crippen molar-refractivity contribution in [2.75, 3.05) is 7.11 Å². The van der Waals surface area contributed by atoms with E-state index in [1.165, 1.54) is 7.11 Å². The fraction of sp³-hybridized carbons (Fsp3) is 0.188. The summed E-state index contributed by atoms with van der Waals surface area (Å²) in [6.07, 6.45) is -1.19. The fourth-order valence-corrected chi connectivity index (χ4v) is 2.40. The number of aliphatic hydroxyl groups excluding tert-OH is 1. The molecule has 2 aromatic carbocycles.